The lowest BCUT2D eigenvalue weighted by Crippen LogP contribution is -2.43. The highest BCUT2D eigenvalue weighted by atomic mass is 79.9. The van der Waals surface area contributed by atoms with Gasteiger partial charge >= 0.3 is 0 Å². The Hall–Kier alpha value is 0.360. The van der Waals surface area contributed by atoms with Crippen molar-refractivity contribution in [3.05, 3.63) is 0 Å². The molecule has 2 unspecified atom stereocenters. The van der Waals surface area contributed by atoms with Crippen LogP contribution in [0.3, 0.4) is 0 Å². The SMILES string of the molecule is CCCCCC(Br)C1CNCCO1.N. The summed E-state index contributed by atoms with van der Waals surface area (Å²) in [6, 6.07) is 0. The standard InChI is InChI=1S/C10H20BrNO.H3N/c1-2-3-4-5-9(11)10-8-12-6-7-13-10;/h9-10,12H,2-8H2,1H3;1H3. The maximum absolute atomic E-state index is 5.66. The molecular formula is C10H23BrN2O. The molecule has 14 heavy (non-hydrogen) atoms. The van der Waals surface area contributed by atoms with Crippen molar-refractivity contribution >= 4 is 15.9 Å². The van der Waals surface area contributed by atoms with Crippen LogP contribution in [0.5, 0.6) is 0 Å². The highest BCUT2D eigenvalue weighted by molar-refractivity contribution is 9.09. The third-order valence-corrected chi connectivity index (χ3v) is 3.49. The first-order valence-electron chi connectivity index (χ1n) is 5.31. The summed E-state index contributed by atoms with van der Waals surface area (Å²) in [5.41, 5.74) is 0. The van der Waals surface area contributed by atoms with Crippen LogP contribution in [0, 0.1) is 0 Å². The van der Waals surface area contributed by atoms with E-state index in [4.69, 9.17) is 4.74 Å². The van der Waals surface area contributed by atoms with Crippen molar-refractivity contribution in [2.24, 2.45) is 0 Å². The maximum atomic E-state index is 5.66. The zero-order valence-electron chi connectivity index (χ0n) is 9.10. The molecule has 0 amide bonds. The monoisotopic (exact) mass is 266 g/mol. The summed E-state index contributed by atoms with van der Waals surface area (Å²) in [6.07, 6.45) is 5.56. The largest absolute Gasteiger partial charge is 0.374 e. The Morgan fingerprint density at radius 3 is 2.86 bits per heavy atom. The molecule has 1 rings (SSSR count). The fourth-order valence-corrected chi connectivity index (χ4v) is 2.26. The third kappa shape index (κ3) is 5.29. The lowest BCUT2D eigenvalue weighted by atomic mass is 10.1. The highest BCUT2D eigenvalue weighted by Crippen LogP contribution is 2.18. The number of ether oxygens (including phenoxy) is 1. The second kappa shape index (κ2) is 8.65. The summed E-state index contributed by atoms with van der Waals surface area (Å²) in [6.45, 7) is 5.11. The lowest BCUT2D eigenvalue weighted by Gasteiger charge is -2.27. The van der Waals surface area contributed by atoms with Crippen molar-refractivity contribution in [2.75, 3.05) is 19.7 Å². The molecular weight excluding hydrogens is 244 g/mol. The van der Waals surface area contributed by atoms with Gasteiger partial charge in [0, 0.05) is 17.9 Å². The molecule has 4 N–H and O–H groups in total. The van der Waals surface area contributed by atoms with Gasteiger partial charge in [0.15, 0.2) is 0 Å². The summed E-state index contributed by atoms with van der Waals surface area (Å²) in [5.74, 6) is 0. The zero-order chi connectivity index (χ0) is 9.52. The fourth-order valence-electron chi connectivity index (χ4n) is 1.59. The second-order valence-electron chi connectivity index (χ2n) is 3.63. The van der Waals surface area contributed by atoms with Crippen LogP contribution in [0.25, 0.3) is 0 Å². The van der Waals surface area contributed by atoms with Crippen LogP contribution < -0.4 is 11.5 Å². The molecule has 1 saturated heterocycles. The first-order chi connectivity index (χ1) is 6.34. The topological polar surface area (TPSA) is 56.3 Å². The van der Waals surface area contributed by atoms with Gasteiger partial charge < -0.3 is 16.2 Å². The molecule has 1 aliphatic heterocycles. The van der Waals surface area contributed by atoms with E-state index in [9.17, 15) is 0 Å². The number of halogens is 1. The van der Waals surface area contributed by atoms with Crippen molar-refractivity contribution < 1.29 is 4.74 Å². The van der Waals surface area contributed by atoms with E-state index in [1.165, 1.54) is 25.7 Å². The van der Waals surface area contributed by atoms with E-state index < -0.39 is 0 Å². The minimum Gasteiger partial charge on any atom is -0.374 e. The van der Waals surface area contributed by atoms with E-state index in [1.807, 2.05) is 0 Å². The Labute approximate surface area is 95.7 Å². The van der Waals surface area contributed by atoms with Gasteiger partial charge in [0.25, 0.3) is 0 Å². The maximum Gasteiger partial charge on any atom is 0.0824 e. The van der Waals surface area contributed by atoms with Crippen molar-refractivity contribution in [2.45, 2.75) is 43.5 Å². The molecule has 2 atom stereocenters. The Morgan fingerprint density at radius 2 is 2.29 bits per heavy atom. The molecule has 0 saturated carbocycles. The third-order valence-electron chi connectivity index (χ3n) is 2.44. The predicted molar refractivity (Wildman–Crippen MR) is 64.5 cm³/mol. The number of morpholine rings is 1. The molecule has 0 spiro atoms. The lowest BCUT2D eigenvalue weighted by molar-refractivity contribution is 0.0272. The van der Waals surface area contributed by atoms with Gasteiger partial charge in [-0.3, -0.25) is 0 Å². The Balaban J connectivity index is 0.00000169. The first-order valence-corrected chi connectivity index (χ1v) is 6.22. The Bertz CT molecular complexity index is 129. The summed E-state index contributed by atoms with van der Waals surface area (Å²) in [4.78, 5) is 0.534. The molecule has 4 heteroatoms. The van der Waals surface area contributed by atoms with E-state index in [0.29, 0.717) is 10.9 Å². The summed E-state index contributed by atoms with van der Waals surface area (Å²) in [5, 5.41) is 3.35. The van der Waals surface area contributed by atoms with Gasteiger partial charge in [-0.15, -0.1) is 0 Å². The summed E-state index contributed by atoms with van der Waals surface area (Å²) < 4.78 is 5.66. The van der Waals surface area contributed by atoms with Gasteiger partial charge in [0.05, 0.1) is 12.7 Å². The molecule has 1 heterocycles. The van der Waals surface area contributed by atoms with Gasteiger partial charge in [0.2, 0.25) is 0 Å². The molecule has 0 aromatic carbocycles. The van der Waals surface area contributed by atoms with Crippen LogP contribution in [0.15, 0.2) is 0 Å². The molecule has 0 aliphatic carbocycles. The van der Waals surface area contributed by atoms with E-state index in [-0.39, 0.29) is 6.15 Å². The van der Waals surface area contributed by atoms with Crippen molar-refractivity contribution in [3.8, 4) is 0 Å². The smallest absolute Gasteiger partial charge is 0.0824 e. The molecule has 1 fully saturated rings. The molecule has 0 radical (unpaired) electrons. The van der Waals surface area contributed by atoms with Crippen LogP contribution in [0.1, 0.15) is 32.6 Å². The van der Waals surface area contributed by atoms with Crippen LogP contribution in [-0.4, -0.2) is 30.6 Å². The molecule has 0 aromatic rings. The minimum absolute atomic E-state index is 0. The Morgan fingerprint density at radius 1 is 1.50 bits per heavy atom. The van der Waals surface area contributed by atoms with E-state index in [0.717, 1.165) is 19.7 Å². The second-order valence-corrected chi connectivity index (χ2v) is 4.80. The quantitative estimate of drug-likeness (QED) is 0.594. The van der Waals surface area contributed by atoms with Crippen LogP contribution in [0.2, 0.25) is 0 Å². The Kier molecular flexibility index (Phi) is 8.87. The van der Waals surface area contributed by atoms with Crippen LogP contribution >= 0.6 is 15.9 Å². The molecule has 86 valence electrons. The molecule has 0 bridgehead atoms. The summed E-state index contributed by atoms with van der Waals surface area (Å²) >= 11 is 3.70. The van der Waals surface area contributed by atoms with Crippen molar-refractivity contribution in [1.82, 2.24) is 11.5 Å². The normalized spacial score (nSPS) is 24.0. The molecule has 0 aromatic heterocycles. The highest BCUT2D eigenvalue weighted by Gasteiger charge is 2.21. The average molecular weight is 267 g/mol. The fraction of sp³-hybridized carbons (Fsp3) is 1.00. The number of hydrogen-bond donors (Lipinski definition) is 2. The van der Waals surface area contributed by atoms with Gasteiger partial charge in [0.1, 0.15) is 0 Å². The van der Waals surface area contributed by atoms with E-state index >= 15 is 0 Å². The van der Waals surface area contributed by atoms with E-state index in [2.05, 4.69) is 28.2 Å². The number of nitrogens with one attached hydrogen (secondary N) is 1. The van der Waals surface area contributed by atoms with Gasteiger partial charge in [-0.25, -0.2) is 0 Å². The number of alkyl halides is 1. The van der Waals surface area contributed by atoms with Crippen molar-refractivity contribution in [3.63, 3.8) is 0 Å². The van der Waals surface area contributed by atoms with Gasteiger partial charge in [-0.2, -0.15) is 0 Å². The van der Waals surface area contributed by atoms with Crippen LogP contribution in [-0.2, 0) is 4.74 Å². The number of hydrogen-bond acceptors (Lipinski definition) is 3. The average Bonchev–Trinajstić information content (AvgIpc) is 2.19. The zero-order valence-corrected chi connectivity index (χ0v) is 10.7. The molecule has 1 aliphatic rings. The molecule has 3 nitrogen and oxygen atoms in total. The van der Waals surface area contributed by atoms with Crippen LogP contribution in [0.4, 0.5) is 0 Å². The minimum atomic E-state index is 0. The van der Waals surface area contributed by atoms with Gasteiger partial charge in [-0.05, 0) is 6.42 Å². The summed E-state index contributed by atoms with van der Waals surface area (Å²) in [7, 11) is 0. The number of rotatable bonds is 5. The number of unbranched alkanes of at least 4 members (excludes halogenated alkanes) is 2. The predicted octanol–water partition coefficient (Wildman–Crippen LogP) is 2.48. The van der Waals surface area contributed by atoms with Crippen molar-refractivity contribution in [1.29, 1.82) is 0 Å². The van der Waals surface area contributed by atoms with Gasteiger partial charge in [-0.1, -0.05) is 42.1 Å². The van der Waals surface area contributed by atoms with E-state index in [1.54, 1.807) is 0 Å². The first kappa shape index (κ1) is 14.4.